The molecule has 5 nitrogen and oxygen atoms in total. The van der Waals surface area contributed by atoms with E-state index < -0.39 is 0 Å². The summed E-state index contributed by atoms with van der Waals surface area (Å²) in [5.41, 5.74) is 1.24. The van der Waals surface area contributed by atoms with E-state index in [0.29, 0.717) is 5.75 Å². The van der Waals surface area contributed by atoms with Gasteiger partial charge < -0.3 is 5.11 Å². The van der Waals surface area contributed by atoms with E-state index in [-0.39, 0.29) is 0 Å². The maximum Gasteiger partial charge on any atom is 0.162 e. The number of aromatic hydroxyl groups is 1. The highest BCUT2D eigenvalue weighted by atomic mass is 16.3. The van der Waals surface area contributed by atoms with E-state index in [1.807, 2.05) is 12.1 Å². The summed E-state index contributed by atoms with van der Waals surface area (Å²) in [6.07, 6.45) is 4.55. The van der Waals surface area contributed by atoms with Crippen LogP contribution in [0, 0.1) is 0 Å². The molecule has 1 N–H and O–H groups in total. The molecule has 0 radical (unpaired) electrons. The Hall–Kier alpha value is -1.91. The minimum atomic E-state index is 0.315. The Morgan fingerprint density at radius 2 is 1.94 bits per heavy atom. The topological polar surface area (TPSA) is 63.8 Å². The molecular formula is C11H14N4O. The zero-order chi connectivity index (χ0) is 11.2. The Kier molecular flexibility index (Phi) is 3.48. The molecule has 0 saturated heterocycles. The lowest BCUT2D eigenvalue weighted by atomic mass is 10.1. The second-order valence-electron chi connectivity index (χ2n) is 3.66. The summed E-state index contributed by atoms with van der Waals surface area (Å²) in [6.45, 7) is 0.804. The molecule has 16 heavy (non-hydrogen) atoms. The van der Waals surface area contributed by atoms with E-state index in [1.165, 1.54) is 11.9 Å². The van der Waals surface area contributed by atoms with Crippen LogP contribution in [0.5, 0.6) is 5.75 Å². The van der Waals surface area contributed by atoms with Crippen molar-refractivity contribution in [2.45, 2.75) is 25.8 Å². The average molecular weight is 218 g/mol. The van der Waals surface area contributed by atoms with Gasteiger partial charge in [-0.1, -0.05) is 12.1 Å². The fraction of sp³-hybridized carbons (Fsp3) is 0.364. The number of tetrazole rings is 1. The maximum atomic E-state index is 9.13. The summed E-state index contributed by atoms with van der Waals surface area (Å²) in [4.78, 5) is 1.59. The Morgan fingerprint density at radius 1 is 1.12 bits per heavy atom. The third-order valence-corrected chi connectivity index (χ3v) is 2.40. The number of hydrogen-bond acceptors (Lipinski definition) is 4. The molecule has 0 saturated carbocycles. The number of aromatic nitrogens is 4. The predicted octanol–water partition coefficient (Wildman–Crippen LogP) is 1.40. The van der Waals surface area contributed by atoms with Crippen molar-refractivity contribution in [3.8, 4) is 5.75 Å². The van der Waals surface area contributed by atoms with Crippen molar-refractivity contribution in [1.29, 1.82) is 0 Å². The molecular weight excluding hydrogens is 204 g/mol. The van der Waals surface area contributed by atoms with Crippen molar-refractivity contribution in [2.24, 2.45) is 0 Å². The van der Waals surface area contributed by atoms with E-state index in [4.69, 9.17) is 5.11 Å². The van der Waals surface area contributed by atoms with Gasteiger partial charge in [0.05, 0.1) is 6.54 Å². The Labute approximate surface area is 93.7 Å². The molecule has 0 spiro atoms. The van der Waals surface area contributed by atoms with E-state index in [2.05, 4.69) is 15.4 Å². The van der Waals surface area contributed by atoms with Gasteiger partial charge in [0.2, 0.25) is 0 Å². The number of unbranched alkanes of at least 4 members (excludes halogenated alkanes) is 1. The summed E-state index contributed by atoms with van der Waals surface area (Å²) in [5, 5.41) is 20.5. The van der Waals surface area contributed by atoms with Crippen LogP contribution >= 0.6 is 0 Å². The molecule has 0 aliphatic carbocycles. The normalized spacial score (nSPS) is 10.5. The van der Waals surface area contributed by atoms with Gasteiger partial charge in [0.25, 0.3) is 0 Å². The molecule has 1 aromatic carbocycles. The van der Waals surface area contributed by atoms with Crippen molar-refractivity contribution in [2.75, 3.05) is 0 Å². The highest BCUT2D eigenvalue weighted by molar-refractivity contribution is 5.25. The predicted molar refractivity (Wildman–Crippen MR) is 58.9 cm³/mol. The van der Waals surface area contributed by atoms with Crippen molar-refractivity contribution < 1.29 is 5.11 Å². The van der Waals surface area contributed by atoms with Crippen LogP contribution in [0.15, 0.2) is 30.6 Å². The van der Waals surface area contributed by atoms with Gasteiger partial charge in [0, 0.05) is 0 Å². The number of benzene rings is 1. The number of phenols is 1. The van der Waals surface area contributed by atoms with Gasteiger partial charge in [-0.3, -0.25) is 0 Å². The molecule has 1 heterocycles. The Balaban J connectivity index is 1.70. The standard InChI is InChI=1S/C11H14N4O/c16-11-6-4-10(5-7-11)3-1-2-8-15-13-9-12-14-15/h4-7,9,16H,1-3,8H2. The molecule has 1 aromatic heterocycles. The van der Waals surface area contributed by atoms with Crippen LogP contribution in [0.3, 0.4) is 0 Å². The van der Waals surface area contributed by atoms with Gasteiger partial charge >= 0.3 is 0 Å². The second kappa shape index (κ2) is 5.25. The highest BCUT2D eigenvalue weighted by Crippen LogP contribution is 2.11. The van der Waals surface area contributed by atoms with Crippen LogP contribution in [0.2, 0.25) is 0 Å². The minimum Gasteiger partial charge on any atom is -0.508 e. The number of aryl methyl sites for hydroxylation is 2. The van der Waals surface area contributed by atoms with Gasteiger partial charge in [0.1, 0.15) is 5.75 Å². The monoisotopic (exact) mass is 218 g/mol. The van der Waals surface area contributed by atoms with E-state index in [0.717, 1.165) is 25.8 Å². The van der Waals surface area contributed by atoms with Crippen LogP contribution < -0.4 is 0 Å². The van der Waals surface area contributed by atoms with Gasteiger partial charge in [0.15, 0.2) is 6.33 Å². The summed E-state index contributed by atoms with van der Waals surface area (Å²) in [5.74, 6) is 0.315. The lowest BCUT2D eigenvalue weighted by molar-refractivity contribution is 0.474. The fourth-order valence-electron chi connectivity index (χ4n) is 1.54. The van der Waals surface area contributed by atoms with E-state index in [1.54, 1.807) is 16.9 Å². The molecule has 5 heteroatoms. The van der Waals surface area contributed by atoms with E-state index in [9.17, 15) is 0 Å². The first-order chi connectivity index (χ1) is 7.84. The zero-order valence-corrected chi connectivity index (χ0v) is 8.95. The number of phenolic OH excluding ortho intramolecular Hbond substituents is 1. The van der Waals surface area contributed by atoms with Crippen molar-refractivity contribution in [1.82, 2.24) is 20.2 Å². The largest absolute Gasteiger partial charge is 0.508 e. The Bertz CT molecular complexity index is 410. The van der Waals surface area contributed by atoms with Gasteiger partial charge in [-0.15, -0.1) is 10.2 Å². The summed E-state index contributed by atoms with van der Waals surface area (Å²) >= 11 is 0. The molecule has 0 amide bonds. The quantitative estimate of drug-likeness (QED) is 0.770. The number of nitrogens with zero attached hydrogens (tertiary/aromatic N) is 4. The zero-order valence-electron chi connectivity index (χ0n) is 8.95. The summed E-state index contributed by atoms with van der Waals surface area (Å²) in [6, 6.07) is 7.33. The third kappa shape index (κ3) is 3.05. The van der Waals surface area contributed by atoms with E-state index >= 15 is 0 Å². The maximum absolute atomic E-state index is 9.13. The van der Waals surface area contributed by atoms with Crippen LogP contribution in [0.1, 0.15) is 18.4 Å². The Morgan fingerprint density at radius 3 is 2.62 bits per heavy atom. The van der Waals surface area contributed by atoms with Crippen molar-refractivity contribution in [3.05, 3.63) is 36.2 Å². The third-order valence-electron chi connectivity index (χ3n) is 2.40. The highest BCUT2D eigenvalue weighted by Gasteiger charge is 1.96. The molecule has 84 valence electrons. The van der Waals surface area contributed by atoms with Crippen LogP contribution in [-0.4, -0.2) is 25.3 Å². The molecule has 0 unspecified atom stereocenters. The minimum absolute atomic E-state index is 0.315. The summed E-state index contributed by atoms with van der Waals surface area (Å²) in [7, 11) is 0. The summed E-state index contributed by atoms with van der Waals surface area (Å²) < 4.78 is 0. The van der Waals surface area contributed by atoms with Gasteiger partial charge in [-0.2, -0.15) is 4.80 Å². The van der Waals surface area contributed by atoms with Gasteiger partial charge in [-0.25, -0.2) is 0 Å². The fourth-order valence-corrected chi connectivity index (χ4v) is 1.54. The molecule has 0 aliphatic rings. The lowest BCUT2D eigenvalue weighted by Crippen LogP contribution is -2.02. The lowest BCUT2D eigenvalue weighted by Gasteiger charge is -2.01. The number of hydrogen-bond donors (Lipinski definition) is 1. The van der Waals surface area contributed by atoms with Crippen LogP contribution in [-0.2, 0) is 13.0 Å². The molecule has 0 bridgehead atoms. The van der Waals surface area contributed by atoms with Crippen LogP contribution in [0.4, 0.5) is 0 Å². The smallest absolute Gasteiger partial charge is 0.162 e. The molecule has 0 atom stereocenters. The van der Waals surface area contributed by atoms with Crippen molar-refractivity contribution in [3.63, 3.8) is 0 Å². The first kappa shape index (κ1) is 10.6. The molecule has 0 fully saturated rings. The first-order valence-electron chi connectivity index (χ1n) is 5.33. The molecule has 2 aromatic rings. The second-order valence-corrected chi connectivity index (χ2v) is 3.66. The van der Waals surface area contributed by atoms with Crippen molar-refractivity contribution >= 4 is 0 Å². The first-order valence-corrected chi connectivity index (χ1v) is 5.33. The van der Waals surface area contributed by atoms with Crippen LogP contribution in [0.25, 0.3) is 0 Å². The SMILES string of the molecule is Oc1ccc(CCCCn2ncnn2)cc1. The molecule has 2 rings (SSSR count). The van der Waals surface area contributed by atoms with Gasteiger partial charge in [-0.05, 0) is 42.2 Å². The number of rotatable bonds is 5. The molecule has 0 aliphatic heterocycles. The average Bonchev–Trinajstić information content (AvgIpc) is 2.80.